The van der Waals surface area contributed by atoms with Gasteiger partial charge in [0.25, 0.3) is 0 Å². The zero-order valence-electron chi connectivity index (χ0n) is 11.9. The van der Waals surface area contributed by atoms with E-state index in [2.05, 4.69) is 49.1 Å². The van der Waals surface area contributed by atoms with Crippen molar-refractivity contribution in [3.63, 3.8) is 0 Å². The molecular formula is C16H27N. The van der Waals surface area contributed by atoms with Crippen molar-refractivity contribution in [1.29, 1.82) is 0 Å². The number of hydrogen-bond acceptors (Lipinski definition) is 1. The van der Waals surface area contributed by atoms with Crippen molar-refractivity contribution in [2.75, 3.05) is 13.1 Å². The summed E-state index contributed by atoms with van der Waals surface area (Å²) in [6.45, 7) is 12.4. The molecule has 0 N–H and O–H groups in total. The minimum atomic E-state index is 0.507. The summed E-state index contributed by atoms with van der Waals surface area (Å²) in [6, 6.07) is 10.8. The topological polar surface area (TPSA) is 3.24 Å². The highest BCUT2D eigenvalue weighted by Gasteiger charge is 2.25. The van der Waals surface area contributed by atoms with E-state index in [1.807, 2.05) is 13.8 Å². The van der Waals surface area contributed by atoms with Crippen molar-refractivity contribution in [2.24, 2.45) is 5.41 Å². The second-order valence-corrected chi connectivity index (χ2v) is 5.46. The molecule has 0 atom stereocenters. The third kappa shape index (κ3) is 4.91. The number of piperidine rings is 1. The lowest BCUT2D eigenvalue weighted by Crippen LogP contribution is -2.39. The fraction of sp³-hybridized carbons (Fsp3) is 0.625. The van der Waals surface area contributed by atoms with Gasteiger partial charge in [0.1, 0.15) is 0 Å². The normalized spacial score (nSPS) is 19.3. The summed E-state index contributed by atoms with van der Waals surface area (Å²) >= 11 is 0. The first-order valence-electron chi connectivity index (χ1n) is 6.92. The Kier molecular flexibility index (Phi) is 5.70. The van der Waals surface area contributed by atoms with Crippen molar-refractivity contribution < 1.29 is 0 Å². The van der Waals surface area contributed by atoms with Gasteiger partial charge in [-0.25, -0.2) is 0 Å². The van der Waals surface area contributed by atoms with Gasteiger partial charge in [0.15, 0.2) is 0 Å². The SMILES string of the molecule is CC.CC1(C)CCCN(Cc2ccccc2)C1. The van der Waals surface area contributed by atoms with Crippen LogP contribution in [0.2, 0.25) is 0 Å². The molecule has 0 amide bonds. The molecule has 0 aliphatic carbocycles. The van der Waals surface area contributed by atoms with E-state index in [9.17, 15) is 0 Å². The summed E-state index contributed by atoms with van der Waals surface area (Å²) in [5.41, 5.74) is 1.95. The van der Waals surface area contributed by atoms with Crippen LogP contribution >= 0.6 is 0 Å². The highest BCUT2D eigenvalue weighted by Crippen LogP contribution is 2.29. The minimum absolute atomic E-state index is 0.507. The Morgan fingerprint density at radius 2 is 1.76 bits per heavy atom. The van der Waals surface area contributed by atoms with Gasteiger partial charge in [0, 0.05) is 13.1 Å². The fourth-order valence-electron chi connectivity index (χ4n) is 2.52. The van der Waals surface area contributed by atoms with Gasteiger partial charge in [-0.05, 0) is 30.4 Å². The van der Waals surface area contributed by atoms with Crippen molar-refractivity contribution >= 4 is 0 Å². The largest absolute Gasteiger partial charge is 0.299 e. The van der Waals surface area contributed by atoms with Crippen LogP contribution in [0.15, 0.2) is 30.3 Å². The van der Waals surface area contributed by atoms with E-state index in [4.69, 9.17) is 0 Å². The maximum absolute atomic E-state index is 2.58. The molecule has 96 valence electrons. The maximum Gasteiger partial charge on any atom is 0.0233 e. The average molecular weight is 233 g/mol. The molecular weight excluding hydrogens is 206 g/mol. The Bertz CT molecular complexity index is 303. The number of nitrogens with zero attached hydrogens (tertiary/aromatic N) is 1. The predicted molar refractivity (Wildman–Crippen MR) is 76.1 cm³/mol. The van der Waals surface area contributed by atoms with Crippen LogP contribution in [-0.4, -0.2) is 18.0 Å². The molecule has 1 aliphatic heterocycles. The van der Waals surface area contributed by atoms with Crippen molar-refractivity contribution in [1.82, 2.24) is 4.90 Å². The van der Waals surface area contributed by atoms with Crippen LogP contribution in [0, 0.1) is 5.41 Å². The standard InChI is InChI=1S/C14H21N.C2H6/c1-14(2)9-6-10-15(12-14)11-13-7-4-3-5-8-13;1-2/h3-5,7-8H,6,9-12H2,1-2H3;1-2H3. The molecule has 0 bridgehead atoms. The average Bonchev–Trinajstić information content (AvgIpc) is 2.31. The molecule has 1 aromatic rings. The van der Waals surface area contributed by atoms with Crippen molar-refractivity contribution in [3.8, 4) is 0 Å². The molecule has 1 fully saturated rings. The van der Waals surface area contributed by atoms with E-state index in [0.29, 0.717) is 5.41 Å². The zero-order valence-corrected chi connectivity index (χ0v) is 11.9. The lowest BCUT2D eigenvalue weighted by Gasteiger charge is -2.38. The first kappa shape index (κ1) is 14.2. The third-order valence-corrected chi connectivity index (χ3v) is 3.23. The van der Waals surface area contributed by atoms with Crippen molar-refractivity contribution in [2.45, 2.75) is 47.1 Å². The summed E-state index contributed by atoms with van der Waals surface area (Å²) in [7, 11) is 0. The Morgan fingerprint density at radius 3 is 2.35 bits per heavy atom. The van der Waals surface area contributed by atoms with Crippen LogP contribution in [0.1, 0.15) is 46.1 Å². The van der Waals surface area contributed by atoms with E-state index in [-0.39, 0.29) is 0 Å². The highest BCUT2D eigenvalue weighted by atomic mass is 15.1. The molecule has 1 heterocycles. The van der Waals surface area contributed by atoms with E-state index >= 15 is 0 Å². The first-order chi connectivity index (χ1) is 8.16. The highest BCUT2D eigenvalue weighted by molar-refractivity contribution is 5.14. The lowest BCUT2D eigenvalue weighted by atomic mass is 9.84. The molecule has 1 aliphatic rings. The monoisotopic (exact) mass is 233 g/mol. The Balaban J connectivity index is 0.000000686. The number of rotatable bonds is 2. The van der Waals surface area contributed by atoms with Gasteiger partial charge in [0.2, 0.25) is 0 Å². The lowest BCUT2D eigenvalue weighted by molar-refractivity contribution is 0.112. The quantitative estimate of drug-likeness (QED) is 0.734. The van der Waals surface area contributed by atoms with E-state index in [0.717, 1.165) is 6.54 Å². The molecule has 1 heteroatoms. The molecule has 0 saturated carbocycles. The van der Waals surface area contributed by atoms with Gasteiger partial charge < -0.3 is 0 Å². The van der Waals surface area contributed by atoms with E-state index in [1.165, 1.54) is 31.5 Å². The maximum atomic E-state index is 2.58. The molecule has 1 nitrogen and oxygen atoms in total. The number of likely N-dealkylation sites (tertiary alicyclic amines) is 1. The molecule has 1 saturated heterocycles. The predicted octanol–water partition coefficient (Wildman–Crippen LogP) is 4.33. The number of hydrogen-bond donors (Lipinski definition) is 0. The zero-order chi connectivity index (χ0) is 12.7. The first-order valence-corrected chi connectivity index (χ1v) is 6.92. The van der Waals surface area contributed by atoms with E-state index in [1.54, 1.807) is 0 Å². The Morgan fingerprint density at radius 1 is 1.12 bits per heavy atom. The molecule has 0 unspecified atom stereocenters. The van der Waals surface area contributed by atoms with Crippen LogP contribution in [0.3, 0.4) is 0 Å². The van der Waals surface area contributed by atoms with Crippen LogP contribution in [-0.2, 0) is 6.54 Å². The third-order valence-electron chi connectivity index (χ3n) is 3.23. The molecule has 2 rings (SSSR count). The molecule has 0 aromatic heterocycles. The smallest absolute Gasteiger partial charge is 0.0233 e. The Labute approximate surface area is 107 Å². The van der Waals surface area contributed by atoms with Gasteiger partial charge in [-0.15, -0.1) is 0 Å². The summed E-state index contributed by atoms with van der Waals surface area (Å²) in [5, 5.41) is 0. The van der Waals surface area contributed by atoms with Crippen LogP contribution in [0.5, 0.6) is 0 Å². The van der Waals surface area contributed by atoms with Gasteiger partial charge in [-0.3, -0.25) is 4.90 Å². The van der Waals surface area contributed by atoms with Gasteiger partial charge in [-0.2, -0.15) is 0 Å². The summed E-state index contributed by atoms with van der Waals surface area (Å²) in [6.07, 6.45) is 2.72. The van der Waals surface area contributed by atoms with Crippen LogP contribution in [0.4, 0.5) is 0 Å². The molecule has 17 heavy (non-hydrogen) atoms. The van der Waals surface area contributed by atoms with Crippen molar-refractivity contribution in [3.05, 3.63) is 35.9 Å². The van der Waals surface area contributed by atoms with Gasteiger partial charge in [0.05, 0.1) is 0 Å². The second-order valence-electron chi connectivity index (χ2n) is 5.46. The van der Waals surface area contributed by atoms with Crippen LogP contribution in [0.25, 0.3) is 0 Å². The Hall–Kier alpha value is -0.820. The van der Waals surface area contributed by atoms with E-state index < -0.39 is 0 Å². The molecule has 0 spiro atoms. The number of benzene rings is 1. The van der Waals surface area contributed by atoms with Gasteiger partial charge >= 0.3 is 0 Å². The molecule has 1 aromatic carbocycles. The summed E-state index contributed by atoms with van der Waals surface area (Å²) < 4.78 is 0. The molecule has 0 radical (unpaired) electrons. The fourth-order valence-corrected chi connectivity index (χ4v) is 2.52. The second kappa shape index (κ2) is 6.80. The summed E-state index contributed by atoms with van der Waals surface area (Å²) in [5.74, 6) is 0. The van der Waals surface area contributed by atoms with Gasteiger partial charge in [-0.1, -0.05) is 58.0 Å². The summed E-state index contributed by atoms with van der Waals surface area (Å²) in [4.78, 5) is 2.58. The van der Waals surface area contributed by atoms with Crippen LogP contribution < -0.4 is 0 Å². The minimum Gasteiger partial charge on any atom is -0.299 e.